The Labute approximate surface area is 398 Å². The summed E-state index contributed by atoms with van der Waals surface area (Å²) in [5.74, 6) is -0.182. The maximum absolute atomic E-state index is 12.9. The van der Waals surface area contributed by atoms with Gasteiger partial charge in [-0.25, -0.2) is 4.57 Å². The molecule has 0 aromatic rings. The summed E-state index contributed by atoms with van der Waals surface area (Å²) in [6.07, 6.45) is 58.6. The number of hydrogen-bond donors (Lipinski definition) is 3. The van der Waals surface area contributed by atoms with Crippen LogP contribution in [0.25, 0.3) is 0 Å². The average Bonchev–Trinajstić information content (AvgIpc) is 3.25. The van der Waals surface area contributed by atoms with Crippen molar-refractivity contribution in [1.82, 2.24) is 5.32 Å². The van der Waals surface area contributed by atoms with E-state index < -0.39 is 20.0 Å². The van der Waals surface area contributed by atoms with Crippen molar-refractivity contribution in [3.63, 3.8) is 0 Å². The summed E-state index contributed by atoms with van der Waals surface area (Å²) in [5.41, 5.74) is 0. The molecule has 0 saturated carbocycles. The van der Waals surface area contributed by atoms with Gasteiger partial charge in [-0.3, -0.25) is 13.8 Å². The first kappa shape index (κ1) is 63.0. The highest BCUT2D eigenvalue weighted by molar-refractivity contribution is 7.47. The van der Waals surface area contributed by atoms with Crippen LogP contribution in [-0.2, 0) is 18.4 Å². The second kappa shape index (κ2) is 47.1. The van der Waals surface area contributed by atoms with Crippen LogP contribution >= 0.6 is 7.82 Å². The number of phosphoric ester groups is 1. The molecule has 8 nitrogen and oxygen atoms in total. The Bertz CT molecular complexity index is 1090. The minimum atomic E-state index is -4.35. The van der Waals surface area contributed by atoms with E-state index in [2.05, 4.69) is 31.3 Å². The van der Waals surface area contributed by atoms with E-state index in [1.165, 1.54) is 212 Å². The molecule has 3 atom stereocenters. The van der Waals surface area contributed by atoms with E-state index in [0.717, 1.165) is 38.5 Å². The standard InChI is InChI=1S/C55H109N2O6P/c1-6-8-10-12-14-16-18-20-22-23-24-25-26-27-28-29-30-31-32-33-34-35-37-39-41-43-45-47-49-55(59)56-53(52-63-64(60,61)62-51-50-57(3,4)5)54(58)48-46-44-42-40-38-36-21-19-17-15-13-11-9-7-2/h38,40,46,48,53-54,58H,6-37,39,41-45,47,49-52H2,1-5H3,(H-,56,59,60,61)/p+1/b40-38+,48-46+. The van der Waals surface area contributed by atoms with Crippen molar-refractivity contribution in [3.8, 4) is 0 Å². The number of aliphatic hydroxyl groups excluding tert-OH is 1. The third-order valence-electron chi connectivity index (χ3n) is 12.7. The van der Waals surface area contributed by atoms with Crippen LogP contribution in [0.3, 0.4) is 0 Å². The number of nitrogens with one attached hydrogen (secondary N) is 1. The molecule has 380 valence electrons. The van der Waals surface area contributed by atoms with Gasteiger partial charge in [0.15, 0.2) is 0 Å². The van der Waals surface area contributed by atoms with Gasteiger partial charge in [0.2, 0.25) is 5.91 Å². The predicted octanol–water partition coefficient (Wildman–Crippen LogP) is 16.4. The fourth-order valence-corrected chi connectivity index (χ4v) is 9.03. The number of carbonyl (C=O) groups is 1. The van der Waals surface area contributed by atoms with Crippen molar-refractivity contribution in [3.05, 3.63) is 24.3 Å². The molecule has 64 heavy (non-hydrogen) atoms. The van der Waals surface area contributed by atoms with Crippen molar-refractivity contribution in [2.24, 2.45) is 0 Å². The van der Waals surface area contributed by atoms with E-state index in [-0.39, 0.29) is 19.1 Å². The summed E-state index contributed by atoms with van der Waals surface area (Å²) >= 11 is 0. The van der Waals surface area contributed by atoms with E-state index in [0.29, 0.717) is 17.4 Å². The topological polar surface area (TPSA) is 105 Å². The van der Waals surface area contributed by atoms with Gasteiger partial charge in [0.05, 0.1) is 39.9 Å². The Morgan fingerprint density at radius 1 is 0.516 bits per heavy atom. The van der Waals surface area contributed by atoms with Crippen molar-refractivity contribution >= 4 is 13.7 Å². The van der Waals surface area contributed by atoms with Gasteiger partial charge in [-0.15, -0.1) is 0 Å². The third-order valence-corrected chi connectivity index (χ3v) is 13.7. The van der Waals surface area contributed by atoms with Crippen LogP contribution in [0.1, 0.15) is 271 Å². The van der Waals surface area contributed by atoms with E-state index in [9.17, 15) is 19.4 Å². The van der Waals surface area contributed by atoms with Gasteiger partial charge in [-0.05, 0) is 32.1 Å². The zero-order valence-corrected chi connectivity index (χ0v) is 44.2. The van der Waals surface area contributed by atoms with E-state index in [1.54, 1.807) is 6.08 Å². The molecule has 0 spiro atoms. The zero-order chi connectivity index (χ0) is 47.1. The molecule has 0 bridgehead atoms. The summed E-state index contributed by atoms with van der Waals surface area (Å²) < 4.78 is 23.6. The van der Waals surface area contributed by atoms with Crippen LogP contribution < -0.4 is 5.32 Å². The number of aliphatic hydroxyl groups is 1. The molecular weight excluding hydrogens is 816 g/mol. The zero-order valence-electron chi connectivity index (χ0n) is 43.3. The molecule has 0 aliphatic rings. The molecule has 0 aromatic carbocycles. The van der Waals surface area contributed by atoms with Gasteiger partial charge in [-0.1, -0.05) is 256 Å². The SMILES string of the molecule is CCCCCCCCCC/C=C/CC/C=C/C(O)C(COP(=O)(O)OCC[N+](C)(C)C)NC(=O)CCCCCCCCCCCCCCCCCCCCCCCCCCCCCC. The Hall–Kier alpha value is -1.02. The van der Waals surface area contributed by atoms with Crippen LogP contribution in [0.4, 0.5) is 0 Å². The van der Waals surface area contributed by atoms with E-state index >= 15 is 0 Å². The molecule has 0 radical (unpaired) electrons. The quantitative estimate of drug-likeness (QED) is 0.0243. The summed E-state index contributed by atoms with van der Waals surface area (Å²) in [6.45, 7) is 4.82. The maximum atomic E-state index is 12.9. The van der Waals surface area contributed by atoms with Crippen LogP contribution in [0.2, 0.25) is 0 Å². The highest BCUT2D eigenvalue weighted by Crippen LogP contribution is 2.43. The predicted molar refractivity (Wildman–Crippen MR) is 277 cm³/mol. The molecule has 3 unspecified atom stereocenters. The lowest BCUT2D eigenvalue weighted by molar-refractivity contribution is -0.870. The van der Waals surface area contributed by atoms with E-state index in [4.69, 9.17) is 9.05 Å². The molecule has 0 rings (SSSR count). The van der Waals surface area contributed by atoms with Gasteiger partial charge in [0.25, 0.3) is 0 Å². The molecule has 0 fully saturated rings. The first-order chi connectivity index (χ1) is 31.0. The van der Waals surface area contributed by atoms with Crippen molar-refractivity contribution in [2.45, 2.75) is 283 Å². The summed E-state index contributed by atoms with van der Waals surface area (Å²) in [5, 5.41) is 13.9. The number of likely N-dealkylation sites (N-methyl/N-ethyl adjacent to an activating group) is 1. The monoisotopic (exact) mass is 926 g/mol. The lowest BCUT2D eigenvalue weighted by Crippen LogP contribution is -2.45. The fraction of sp³-hybridized carbons (Fsp3) is 0.909. The molecule has 0 aliphatic heterocycles. The van der Waals surface area contributed by atoms with Crippen LogP contribution in [0, 0.1) is 0 Å². The average molecular weight is 926 g/mol. The number of nitrogens with zero attached hydrogens (tertiary/aromatic N) is 1. The molecule has 0 heterocycles. The number of amides is 1. The molecule has 3 N–H and O–H groups in total. The van der Waals surface area contributed by atoms with Crippen LogP contribution in [-0.4, -0.2) is 73.4 Å². The summed E-state index contributed by atoms with van der Waals surface area (Å²) in [7, 11) is 1.57. The molecule has 0 aliphatic carbocycles. The largest absolute Gasteiger partial charge is 0.472 e. The highest BCUT2D eigenvalue weighted by Gasteiger charge is 2.27. The number of quaternary nitrogens is 1. The second-order valence-electron chi connectivity index (χ2n) is 20.3. The summed E-state index contributed by atoms with van der Waals surface area (Å²) in [6, 6.07) is -0.859. The van der Waals surface area contributed by atoms with Crippen LogP contribution in [0.15, 0.2) is 24.3 Å². The Balaban J connectivity index is 4.11. The van der Waals surface area contributed by atoms with Crippen molar-refractivity contribution in [1.29, 1.82) is 0 Å². The fourth-order valence-electron chi connectivity index (χ4n) is 8.30. The Morgan fingerprint density at radius 2 is 0.859 bits per heavy atom. The minimum absolute atomic E-state index is 0.0585. The number of carbonyl (C=O) groups excluding carboxylic acids is 1. The van der Waals surface area contributed by atoms with Gasteiger partial charge >= 0.3 is 7.82 Å². The van der Waals surface area contributed by atoms with Gasteiger partial charge in [0, 0.05) is 6.42 Å². The highest BCUT2D eigenvalue weighted by atomic mass is 31.2. The smallest absolute Gasteiger partial charge is 0.387 e. The maximum Gasteiger partial charge on any atom is 0.472 e. The number of phosphoric acid groups is 1. The lowest BCUT2D eigenvalue weighted by atomic mass is 10.0. The van der Waals surface area contributed by atoms with E-state index in [1.807, 2.05) is 27.2 Å². The Kier molecular flexibility index (Phi) is 46.3. The number of unbranched alkanes of at least 4 members (excludes halogenated alkanes) is 36. The lowest BCUT2D eigenvalue weighted by Gasteiger charge is -2.25. The van der Waals surface area contributed by atoms with Crippen molar-refractivity contribution in [2.75, 3.05) is 40.9 Å². The van der Waals surface area contributed by atoms with Crippen LogP contribution in [0.5, 0.6) is 0 Å². The Morgan fingerprint density at radius 3 is 1.25 bits per heavy atom. The number of hydrogen-bond acceptors (Lipinski definition) is 5. The molecule has 0 saturated heterocycles. The minimum Gasteiger partial charge on any atom is -0.387 e. The first-order valence-electron chi connectivity index (χ1n) is 27.7. The molecular formula is C55H110N2O6P+. The first-order valence-corrected chi connectivity index (χ1v) is 29.2. The number of allylic oxidation sites excluding steroid dienone is 3. The van der Waals surface area contributed by atoms with Gasteiger partial charge in [-0.2, -0.15) is 0 Å². The van der Waals surface area contributed by atoms with Gasteiger partial charge < -0.3 is 19.8 Å². The molecule has 0 aromatic heterocycles. The second-order valence-corrected chi connectivity index (χ2v) is 21.8. The molecule has 1 amide bonds. The van der Waals surface area contributed by atoms with Crippen molar-refractivity contribution < 1.29 is 32.9 Å². The number of rotatable bonds is 51. The normalized spacial score (nSPS) is 14.2. The van der Waals surface area contributed by atoms with Gasteiger partial charge in [0.1, 0.15) is 13.2 Å². The third kappa shape index (κ3) is 48.9. The molecule has 9 heteroatoms. The summed E-state index contributed by atoms with van der Waals surface area (Å²) in [4.78, 5) is 23.2.